The van der Waals surface area contributed by atoms with E-state index in [9.17, 15) is 9.59 Å². The molecule has 1 aliphatic heterocycles. The maximum absolute atomic E-state index is 11.0. The van der Waals surface area contributed by atoms with Gasteiger partial charge in [0.15, 0.2) is 0 Å². The Hall–Kier alpha value is -1.16. The summed E-state index contributed by atoms with van der Waals surface area (Å²) in [6, 6.07) is 0. The van der Waals surface area contributed by atoms with Crippen LogP contribution in [0.15, 0.2) is 12.2 Å². The average molecular weight is 182 g/mol. The van der Waals surface area contributed by atoms with E-state index >= 15 is 0 Å². The van der Waals surface area contributed by atoms with Crippen molar-refractivity contribution in [3.63, 3.8) is 0 Å². The molecule has 0 bridgehead atoms. The molecule has 0 aromatic carbocycles. The molecule has 1 heterocycles. The van der Waals surface area contributed by atoms with E-state index in [-0.39, 0.29) is 11.8 Å². The van der Waals surface area contributed by atoms with E-state index in [0.29, 0.717) is 13.1 Å². The summed E-state index contributed by atoms with van der Waals surface area (Å²) in [6.07, 6.45) is 3.67. The molecule has 0 spiro atoms. The molecule has 1 rings (SSSR count). The van der Waals surface area contributed by atoms with Crippen molar-refractivity contribution in [1.82, 2.24) is 10.2 Å². The second-order valence-electron chi connectivity index (χ2n) is 2.91. The Labute approximate surface area is 77.6 Å². The molecular formula is C9H14N2O2. The van der Waals surface area contributed by atoms with Crippen molar-refractivity contribution < 1.29 is 9.59 Å². The first-order chi connectivity index (χ1) is 6.25. The summed E-state index contributed by atoms with van der Waals surface area (Å²) in [6.45, 7) is 4.13. The first-order valence-electron chi connectivity index (χ1n) is 4.50. The highest BCUT2D eigenvalue weighted by Crippen LogP contribution is 2.01. The van der Waals surface area contributed by atoms with E-state index in [0.717, 1.165) is 13.0 Å². The smallest absolute Gasteiger partial charge is 0.253 e. The Bertz CT molecular complexity index is 218. The van der Waals surface area contributed by atoms with Gasteiger partial charge in [-0.3, -0.25) is 14.5 Å². The maximum Gasteiger partial charge on any atom is 0.253 e. The highest BCUT2D eigenvalue weighted by Gasteiger charge is 2.21. The zero-order chi connectivity index (χ0) is 9.68. The van der Waals surface area contributed by atoms with Gasteiger partial charge in [0.1, 0.15) is 0 Å². The highest BCUT2D eigenvalue weighted by atomic mass is 16.2. The van der Waals surface area contributed by atoms with Gasteiger partial charge in [-0.2, -0.15) is 0 Å². The molecule has 0 atom stereocenters. The number of nitrogens with one attached hydrogen (secondary N) is 1. The van der Waals surface area contributed by atoms with Crippen molar-refractivity contribution in [2.24, 2.45) is 0 Å². The molecular weight excluding hydrogens is 168 g/mol. The number of carbonyl (C=O) groups excluding carboxylic acids is 2. The SMILES string of the molecule is CCCNCCN1C(=O)C=CC1=O. The molecule has 1 N–H and O–H groups in total. The molecule has 0 fully saturated rings. The van der Waals surface area contributed by atoms with Gasteiger partial charge in [-0.1, -0.05) is 6.92 Å². The lowest BCUT2D eigenvalue weighted by atomic mass is 10.4. The van der Waals surface area contributed by atoms with Crippen LogP contribution in [0.2, 0.25) is 0 Å². The molecule has 1 aliphatic rings. The monoisotopic (exact) mass is 182 g/mol. The minimum atomic E-state index is -0.205. The van der Waals surface area contributed by atoms with E-state index in [1.807, 2.05) is 0 Å². The molecule has 0 saturated carbocycles. The van der Waals surface area contributed by atoms with Crippen LogP contribution in [-0.2, 0) is 9.59 Å². The third-order valence-corrected chi connectivity index (χ3v) is 1.84. The Kier molecular flexibility index (Phi) is 3.64. The summed E-state index contributed by atoms with van der Waals surface area (Å²) in [5, 5.41) is 3.13. The zero-order valence-corrected chi connectivity index (χ0v) is 7.75. The molecule has 0 aromatic heterocycles. The lowest BCUT2D eigenvalue weighted by molar-refractivity contribution is -0.136. The molecule has 4 nitrogen and oxygen atoms in total. The quantitative estimate of drug-likeness (QED) is 0.477. The van der Waals surface area contributed by atoms with Gasteiger partial charge in [-0.25, -0.2) is 0 Å². The van der Waals surface area contributed by atoms with Gasteiger partial charge < -0.3 is 5.32 Å². The van der Waals surface area contributed by atoms with E-state index in [2.05, 4.69) is 12.2 Å². The van der Waals surface area contributed by atoms with E-state index in [4.69, 9.17) is 0 Å². The summed E-state index contributed by atoms with van der Waals surface area (Å²) < 4.78 is 0. The van der Waals surface area contributed by atoms with Gasteiger partial charge >= 0.3 is 0 Å². The van der Waals surface area contributed by atoms with Crippen molar-refractivity contribution in [2.45, 2.75) is 13.3 Å². The number of carbonyl (C=O) groups is 2. The molecule has 0 aliphatic carbocycles. The molecule has 0 unspecified atom stereocenters. The predicted octanol–water partition coefficient (Wildman–Crippen LogP) is -0.0890. The molecule has 0 aromatic rings. The van der Waals surface area contributed by atoms with Gasteiger partial charge in [0.2, 0.25) is 0 Å². The number of nitrogens with zero attached hydrogens (tertiary/aromatic N) is 1. The first kappa shape index (κ1) is 9.92. The van der Waals surface area contributed by atoms with Crippen LogP contribution in [0.25, 0.3) is 0 Å². The Balaban J connectivity index is 2.22. The molecule has 2 amide bonds. The van der Waals surface area contributed by atoms with Crippen molar-refractivity contribution >= 4 is 11.8 Å². The second kappa shape index (κ2) is 4.77. The average Bonchev–Trinajstić information content (AvgIpc) is 2.42. The number of amides is 2. The minimum Gasteiger partial charge on any atom is -0.315 e. The van der Waals surface area contributed by atoms with Crippen LogP contribution >= 0.6 is 0 Å². The van der Waals surface area contributed by atoms with E-state index in [1.165, 1.54) is 17.1 Å². The Morgan fingerprint density at radius 2 is 1.85 bits per heavy atom. The molecule has 72 valence electrons. The summed E-state index contributed by atoms with van der Waals surface area (Å²) in [5.41, 5.74) is 0. The Morgan fingerprint density at radius 1 is 1.23 bits per heavy atom. The van der Waals surface area contributed by atoms with Crippen LogP contribution in [0.5, 0.6) is 0 Å². The molecule has 0 radical (unpaired) electrons. The Morgan fingerprint density at radius 3 is 2.38 bits per heavy atom. The van der Waals surface area contributed by atoms with Crippen LogP contribution in [0.3, 0.4) is 0 Å². The van der Waals surface area contributed by atoms with Gasteiger partial charge in [-0.15, -0.1) is 0 Å². The zero-order valence-electron chi connectivity index (χ0n) is 7.75. The fourth-order valence-electron chi connectivity index (χ4n) is 1.14. The van der Waals surface area contributed by atoms with Crippen LogP contribution < -0.4 is 5.32 Å². The normalized spacial score (nSPS) is 15.9. The summed E-state index contributed by atoms with van der Waals surface area (Å²) in [4.78, 5) is 23.3. The van der Waals surface area contributed by atoms with Gasteiger partial charge in [0.05, 0.1) is 0 Å². The lowest BCUT2D eigenvalue weighted by Crippen LogP contribution is -2.36. The first-order valence-corrected chi connectivity index (χ1v) is 4.50. The standard InChI is InChI=1S/C9H14N2O2/c1-2-5-10-6-7-11-8(12)3-4-9(11)13/h3-4,10H,2,5-7H2,1H3. The topological polar surface area (TPSA) is 49.4 Å². The maximum atomic E-state index is 11.0. The fourth-order valence-corrected chi connectivity index (χ4v) is 1.14. The third kappa shape index (κ3) is 2.66. The highest BCUT2D eigenvalue weighted by molar-refractivity contribution is 6.12. The minimum absolute atomic E-state index is 0.205. The largest absolute Gasteiger partial charge is 0.315 e. The summed E-state index contributed by atoms with van der Waals surface area (Å²) in [7, 11) is 0. The third-order valence-electron chi connectivity index (χ3n) is 1.84. The summed E-state index contributed by atoms with van der Waals surface area (Å²) >= 11 is 0. The number of rotatable bonds is 5. The predicted molar refractivity (Wildman–Crippen MR) is 49.0 cm³/mol. The van der Waals surface area contributed by atoms with Gasteiger partial charge in [-0.05, 0) is 13.0 Å². The van der Waals surface area contributed by atoms with Crippen molar-refractivity contribution in [3.05, 3.63) is 12.2 Å². The number of hydrogen-bond donors (Lipinski definition) is 1. The molecule has 0 saturated heterocycles. The van der Waals surface area contributed by atoms with Crippen LogP contribution in [-0.4, -0.2) is 36.3 Å². The lowest BCUT2D eigenvalue weighted by Gasteiger charge is -2.13. The van der Waals surface area contributed by atoms with Crippen LogP contribution in [0.1, 0.15) is 13.3 Å². The van der Waals surface area contributed by atoms with Gasteiger partial charge in [0.25, 0.3) is 11.8 Å². The van der Waals surface area contributed by atoms with Crippen molar-refractivity contribution in [1.29, 1.82) is 0 Å². The number of hydrogen-bond acceptors (Lipinski definition) is 3. The molecule has 4 heteroatoms. The van der Waals surface area contributed by atoms with Crippen LogP contribution in [0.4, 0.5) is 0 Å². The van der Waals surface area contributed by atoms with Crippen molar-refractivity contribution in [3.8, 4) is 0 Å². The second-order valence-corrected chi connectivity index (χ2v) is 2.91. The van der Waals surface area contributed by atoms with E-state index < -0.39 is 0 Å². The molecule has 13 heavy (non-hydrogen) atoms. The van der Waals surface area contributed by atoms with Crippen molar-refractivity contribution in [2.75, 3.05) is 19.6 Å². The van der Waals surface area contributed by atoms with Gasteiger partial charge in [0, 0.05) is 25.2 Å². The van der Waals surface area contributed by atoms with E-state index in [1.54, 1.807) is 0 Å². The number of imide groups is 1. The fraction of sp³-hybridized carbons (Fsp3) is 0.556. The summed E-state index contributed by atoms with van der Waals surface area (Å²) in [5.74, 6) is -0.411. The van der Waals surface area contributed by atoms with Crippen LogP contribution in [0, 0.1) is 0 Å².